The second-order valence-corrected chi connectivity index (χ2v) is 4.54. The largest absolute Gasteiger partial charge is 0.334 e. The molecule has 0 spiro atoms. The van der Waals surface area contributed by atoms with Gasteiger partial charge in [0.2, 0.25) is 0 Å². The molecule has 4 heteroatoms. The highest BCUT2D eigenvalue weighted by Gasteiger charge is 2.13. The lowest BCUT2D eigenvalue weighted by atomic mass is 10.5. The molecular formula is C6H12BrO2P. The van der Waals surface area contributed by atoms with Gasteiger partial charge in [-0.1, -0.05) is 15.9 Å². The Kier molecular flexibility index (Phi) is 4.89. The molecule has 0 aromatic rings. The fourth-order valence-corrected chi connectivity index (χ4v) is 2.88. The summed E-state index contributed by atoms with van der Waals surface area (Å²) < 4.78 is 10.8. The van der Waals surface area contributed by atoms with Gasteiger partial charge in [0.1, 0.15) is 0 Å². The Morgan fingerprint density at radius 1 is 1.30 bits per heavy atom. The molecular weight excluding hydrogens is 215 g/mol. The number of alkyl halides is 1. The molecule has 1 fully saturated rings. The zero-order valence-electron chi connectivity index (χ0n) is 5.88. The second-order valence-electron chi connectivity index (χ2n) is 2.12. The van der Waals surface area contributed by atoms with Gasteiger partial charge < -0.3 is 9.05 Å². The van der Waals surface area contributed by atoms with Gasteiger partial charge in [0.15, 0.2) is 8.38 Å². The van der Waals surface area contributed by atoms with Crippen molar-refractivity contribution >= 4 is 24.3 Å². The molecule has 60 valence electrons. The summed E-state index contributed by atoms with van der Waals surface area (Å²) in [7, 11) is -0.508. The van der Waals surface area contributed by atoms with Crippen molar-refractivity contribution in [3.8, 4) is 0 Å². The van der Waals surface area contributed by atoms with Crippen LogP contribution < -0.4 is 0 Å². The van der Waals surface area contributed by atoms with E-state index in [9.17, 15) is 0 Å². The number of rotatable bonds is 3. The van der Waals surface area contributed by atoms with Gasteiger partial charge >= 0.3 is 0 Å². The van der Waals surface area contributed by atoms with Crippen LogP contribution in [0, 0.1) is 0 Å². The van der Waals surface area contributed by atoms with Gasteiger partial charge in [0.25, 0.3) is 0 Å². The van der Waals surface area contributed by atoms with Crippen LogP contribution in [0.25, 0.3) is 0 Å². The minimum absolute atomic E-state index is 0.508. The molecule has 0 unspecified atom stereocenters. The normalized spacial score (nSPS) is 21.3. The van der Waals surface area contributed by atoms with Gasteiger partial charge in [-0.05, 0) is 12.8 Å². The van der Waals surface area contributed by atoms with Crippen LogP contribution in [0.3, 0.4) is 0 Å². The summed E-state index contributed by atoms with van der Waals surface area (Å²) in [6.45, 7) is 1.79. The van der Waals surface area contributed by atoms with Gasteiger partial charge in [-0.15, -0.1) is 0 Å². The van der Waals surface area contributed by atoms with Crippen molar-refractivity contribution in [1.29, 1.82) is 0 Å². The van der Waals surface area contributed by atoms with E-state index in [1.807, 2.05) is 0 Å². The third-order valence-electron chi connectivity index (χ3n) is 1.23. The highest BCUT2D eigenvalue weighted by atomic mass is 79.9. The van der Waals surface area contributed by atoms with E-state index in [1.54, 1.807) is 0 Å². The average molecular weight is 227 g/mol. The molecule has 1 heterocycles. The standard InChI is InChI=1S/C6H12BrO2P/c7-3-1-6-10-8-4-2-5-9-10/h1-6H2. The van der Waals surface area contributed by atoms with Crippen LogP contribution in [0.1, 0.15) is 12.8 Å². The molecule has 2 nitrogen and oxygen atoms in total. The summed E-state index contributed by atoms with van der Waals surface area (Å²) in [5.41, 5.74) is 0. The minimum Gasteiger partial charge on any atom is -0.334 e. The van der Waals surface area contributed by atoms with Crippen molar-refractivity contribution in [3.63, 3.8) is 0 Å². The lowest BCUT2D eigenvalue weighted by Crippen LogP contribution is -2.06. The summed E-state index contributed by atoms with van der Waals surface area (Å²) in [5.74, 6) is 0. The van der Waals surface area contributed by atoms with Gasteiger partial charge in [-0.25, -0.2) is 0 Å². The van der Waals surface area contributed by atoms with Crippen molar-refractivity contribution < 1.29 is 9.05 Å². The highest BCUT2D eigenvalue weighted by molar-refractivity contribution is 9.09. The molecule has 0 saturated carbocycles. The highest BCUT2D eigenvalue weighted by Crippen LogP contribution is 2.41. The van der Waals surface area contributed by atoms with Crippen LogP contribution in [-0.2, 0) is 9.05 Å². The van der Waals surface area contributed by atoms with E-state index >= 15 is 0 Å². The molecule has 0 atom stereocenters. The van der Waals surface area contributed by atoms with E-state index in [4.69, 9.17) is 9.05 Å². The zero-order chi connectivity index (χ0) is 7.23. The van der Waals surface area contributed by atoms with Gasteiger partial charge in [0, 0.05) is 11.5 Å². The van der Waals surface area contributed by atoms with E-state index in [0.717, 1.165) is 37.5 Å². The summed E-state index contributed by atoms with van der Waals surface area (Å²) >= 11 is 3.38. The van der Waals surface area contributed by atoms with Crippen molar-refractivity contribution in [2.75, 3.05) is 24.7 Å². The maximum absolute atomic E-state index is 5.40. The third-order valence-corrected chi connectivity index (χ3v) is 3.42. The van der Waals surface area contributed by atoms with E-state index in [0.29, 0.717) is 0 Å². The first kappa shape index (κ1) is 8.92. The van der Waals surface area contributed by atoms with Gasteiger partial charge in [-0.2, -0.15) is 0 Å². The SMILES string of the molecule is BrCCCP1OCCCO1. The molecule has 0 aliphatic carbocycles. The Morgan fingerprint density at radius 3 is 2.60 bits per heavy atom. The Labute approximate surface area is 71.3 Å². The molecule has 0 bridgehead atoms. The van der Waals surface area contributed by atoms with Crippen molar-refractivity contribution in [1.82, 2.24) is 0 Å². The molecule has 1 aliphatic heterocycles. The average Bonchev–Trinajstić information content (AvgIpc) is 2.03. The van der Waals surface area contributed by atoms with Crippen molar-refractivity contribution in [2.24, 2.45) is 0 Å². The predicted octanol–water partition coefficient (Wildman–Crippen LogP) is 2.52. The maximum Gasteiger partial charge on any atom is 0.170 e. The quantitative estimate of drug-likeness (QED) is 0.544. The predicted molar refractivity (Wildman–Crippen MR) is 46.7 cm³/mol. The minimum atomic E-state index is -0.508. The van der Waals surface area contributed by atoms with Crippen LogP contribution in [0.2, 0.25) is 0 Å². The number of hydrogen-bond donors (Lipinski definition) is 0. The molecule has 0 aromatic carbocycles. The third kappa shape index (κ3) is 3.29. The Bertz CT molecular complexity index is 85.8. The van der Waals surface area contributed by atoms with Crippen LogP contribution in [0.5, 0.6) is 0 Å². The topological polar surface area (TPSA) is 18.5 Å². The van der Waals surface area contributed by atoms with Crippen LogP contribution in [-0.4, -0.2) is 24.7 Å². The van der Waals surface area contributed by atoms with Crippen molar-refractivity contribution in [2.45, 2.75) is 12.8 Å². The molecule has 0 amide bonds. The maximum atomic E-state index is 5.40. The molecule has 1 saturated heterocycles. The van der Waals surface area contributed by atoms with Gasteiger partial charge in [0.05, 0.1) is 13.2 Å². The van der Waals surface area contributed by atoms with E-state index < -0.39 is 8.38 Å². The van der Waals surface area contributed by atoms with E-state index in [1.165, 1.54) is 0 Å². The van der Waals surface area contributed by atoms with Crippen LogP contribution in [0.15, 0.2) is 0 Å². The fourth-order valence-electron chi connectivity index (χ4n) is 0.747. The first-order valence-electron chi connectivity index (χ1n) is 3.53. The Balaban J connectivity index is 2.02. The van der Waals surface area contributed by atoms with Crippen LogP contribution in [0.4, 0.5) is 0 Å². The monoisotopic (exact) mass is 226 g/mol. The second kappa shape index (κ2) is 5.48. The molecule has 1 rings (SSSR count). The molecule has 0 aromatic heterocycles. The Hall–Kier alpha value is 0.830. The molecule has 10 heavy (non-hydrogen) atoms. The zero-order valence-corrected chi connectivity index (χ0v) is 8.36. The summed E-state index contributed by atoms with van der Waals surface area (Å²) in [4.78, 5) is 0. The summed E-state index contributed by atoms with van der Waals surface area (Å²) in [6.07, 6.45) is 3.30. The lowest BCUT2D eigenvalue weighted by molar-refractivity contribution is 0.182. The number of halogens is 1. The van der Waals surface area contributed by atoms with Crippen molar-refractivity contribution in [3.05, 3.63) is 0 Å². The fraction of sp³-hybridized carbons (Fsp3) is 1.00. The first-order valence-corrected chi connectivity index (χ1v) is 6.01. The smallest absolute Gasteiger partial charge is 0.170 e. The van der Waals surface area contributed by atoms with E-state index in [-0.39, 0.29) is 0 Å². The molecule has 0 N–H and O–H groups in total. The summed E-state index contributed by atoms with van der Waals surface area (Å²) in [5, 5.41) is 1.05. The van der Waals surface area contributed by atoms with Crippen LogP contribution >= 0.6 is 24.3 Å². The molecule has 1 aliphatic rings. The van der Waals surface area contributed by atoms with Gasteiger partial charge in [-0.3, -0.25) is 0 Å². The molecule has 0 radical (unpaired) electrons. The lowest BCUT2D eigenvalue weighted by Gasteiger charge is -2.21. The Morgan fingerprint density at radius 2 is 2.00 bits per heavy atom. The number of hydrogen-bond acceptors (Lipinski definition) is 2. The summed E-state index contributed by atoms with van der Waals surface area (Å²) in [6, 6.07) is 0. The first-order chi connectivity index (χ1) is 4.93. The van der Waals surface area contributed by atoms with E-state index in [2.05, 4.69) is 15.9 Å².